The molecule has 1 rings (SSSR count). The van der Waals surface area contributed by atoms with Crippen LogP contribution in [0.2, 0.25) is 0 Å². The monoisotopic (exact) mass is 238 g/mol. The van der Waals surface area contributed by atoms with Gasteiger partial charge in [0.15, 0.2) is 0 Å². The molecule has 0 aliphatic carbocycles. The van der Waals surface area contributed by atoms with Crippen molar-refractivity contribution in [2.75, 3.05) is 13.2 Å². The van der Waals surface area contributed by atoms with E-state index in [1.54, 1.807) is 12.1 Å². The van der Waals surface area contributed by atoms with E-state index in [9.17, 15) is 4.79 Å². The van der Waals surface area contributed by atoms with Gasteiger partial charge >= 0.3 is 5.97 Å². The van der Waals surface area contributed by atoms with Crippen LogP contribution in [0.3, 0.4) is 0 Å². The molecule has 0 saturated heterocycles. The zero-order chi connectivity index (χ0) is 13.0. The van der Waals surface area contributed by atoms with Crippen LogP contribution in [0.5, 0.6) is 0 Å². The van der Waals surface area contributed by atoms with Crippen molar-refractivity contribution >= 4 is 5.97 Å². The SMILES string of the molecule is Cc1cc(C(=O)OCC(O)CO)cc(C)c1C. The Hall–Kier alpha value is -1.39. The van der Waals surface area contributed by atoms with Gasteiger partial charge in [-0.2, -0.15) is 0 Å². The lowest BCUT2D eigenvalue weighted by Crippen LogP contribution is -2.22. The molecule has 1 unspecified atom stereocenters. The van der Waals surface area contributed by atoms with Crippen LogP contribution < -0.4 is 0 Å². The van der Waals surface area contributed by atoms with E-state index < -0.39 is 18.7 Å². The van der Waals surface area contributed by atoms with Crippen molar-refractivity contribution in [2.45, 2.75) is 26.9 Å². The molecule has 17 heavy (non-hydrogen) atoms. The molecular weight excluding hydrogens is 220 g/mol. The van der Waals surface area contributed by atoms with Gasteiger partial charge in [-0.25, -0.2) is 4.79 Å². The first-order chi connectivity index (χ1) is 7.95. The van der Waals surface area contributed by atoms with Crippen molar-refractivity contribution in [3.05, 3.63) is 34.4 Å². The Morgan fingerprint density at radius 3 is 2.29 bits per heavy atom. The zero-order valence-corrected chi connectivity index (χ0v) is 10.4. The second-order valence-electron chi connectivity index (χ2n) is 4.17. The molecule has 0 heterocycles. The van der Waals surface area contributed by atoms with Gasteiger partial charge in [-0.15, -0.1) is 0 Å². The molecule has 0 bridgehead atoms. The molecule has 1 aromatic rings. The van der Waals surface area contributed by atoms with E-state index in [1.165, 1.54) is 0 Å². The van der Waals surface area contributed by atoms with E-state index in [0.29, 0.717) is 5.56 Å². The number of ether oxygens (including phenoxy) is 1. The maximum absolute atomic E-state index is 11.7. The van der Waals surface area contributed by atoms with E-state index in [4.69, 9.17) is 14.9 Å². The quantitative estimate of drug-likeness (QED) is 0.771. The highest BCUT2D eigenvalue weighted by Crippen LogP contribution is 2.16. The third kappa shape index (κ3) is 3.54. The summed E-state index contributed by atoms with van der Waals surface area (Å²) in [6.45, 7) is 5.25. The average molecular weight is 238 g/mol. The molecule has 4 heteroatoms. The number of hydrogen-bond acceptors (Lipinski definition) is 4. The van der Waals surface area contributed by atoms with Gasteiger partial charge in [0.1, 0.15) is 12.7 Å². The molecule has 0 saturated carbocycles. The zero-order valence-electron chi connectivity index (χ0n) is 10.4. The molecule has 1 atom stereocenters. The average Bonchev–Trinajstić information content (AvgIpc) is 2.31. The summed E-state index contributed by atoms with van der Waals surface area (Å²) in [5.74, 6) is -0.483. The first kappa shape index (κ1) is 13.7. The lowest BCUT2D eigenvalue weighted by Gasteiger charge is -2.11. The summed E-state index contributed by atoms with van der Waals surface area (Å²) < 4.78 is 4.88. The van der Waals surface area contributed by atoms with Gasteiger partial charge in [0.2, 0.25) is 0 Å². The van der Waals surface area contributed by atoms with Crippen molar-refractivity contribution in [1.29, 1.82) is 0 Å². The number of esters is 1. The van der Waals surface area contributed by atoms with E-state index >= 15 is 0 Å². The number of hydrogen-bond donors (Lipinski definition) is 2. The van der Waals surface area contributed by atoms with E-state index in [-0.39, 0.29) is 6.61 Å². The second kappa shape index (κ2) is 5.80. The maximum atomic E-state index is 11.7. The molecule has 0 aliphatic heterocycles. The highest BCUT2D eigenvalue weighted by Gasteiger charge is 2.12. The number of carbonyl (C=O) groups excluding carboxylic acids is 1. The molecule has 0 aromatic heterocycles. The van der Waals surface area contributed by atoms with Gasteiger partial charge in [0, 0.05) is 0 Å². The van der Waals surface area contributed by atoms with Crippen LogP contribution >= 0.6 is 0 Å². The van der Waals surface area contributed by atoms with Crippen molar-refractivity contribution in [3.63, 3.8) is 0 Å². The Balaban J connectivity index is 2.76. The molecular formula is C13H18O4. The Morgan fingerprint density at radius 1 is 1.29 bits per heavy atom. The van der Waals surface area contributed by atoms with Crippen LogP contribution in [-0.2, 0) is 4.74 Å². The third-order valence-electron chi connectivity index (χ3n) is 2.78. The lowest BCUT2D eigenvalue weighted by atomic mass is 10.0. The molecule has 0 fully saturated rings. The van der Waals surface area contributed by atoms with Crippen LogP contribution in [0.25, 0.3) is 0 Å². The summed E-state index contributed by atoms with van der Waals surface area (Å²) in [7, 11) is 0. The minimum atomic E-state index is -1.02. The number of rotatable bonds is 4. The maximum Gasteiger partial charge on any atom is 0.338 e. The molecule has 0 aliphatic rings. The fourth-order valence-electron chi connectivity index (χ4n) is 1.46. The molecule has 0 spiro atoms. The fraction of sp³-hybridized carbons (Fsp3) is 0.462. The van der Waals surface area contributed by atoms with Gasteiger partial charge < -0.3 is 14.9 Å². The van der Waals surface area contributed by atoms with Crippen molar-refractivity contribution in [1.82, 2.24) is 0 Å². The van der Waals surface area contributed by atoms with Crippen LogP contribution in [0.15, 0.2) is 12.1 Å². The standard InChI is InChI=1S/C13H18O4/c1-8-4-11(5-9(2)10(8)3)13(16)17-7-12(15)6-14/h4-5,12,14-15H,6-7H2,1-3H3. The first-order valence-corrected chi connectivity index (χ1v) is 5.49. The van der Waals surface area contributed by atoms with Gasteiger partial charge in [-0.1, -0.05) is 0 Å². The first-order valence-electron chi connectivity index (χ1n) is 5.49. The summed E-state index contributed by atoms with van der Waals surface area (Å²) in [6, 6.07) is 3.52. The summed E-state index contributed by atoms with van der Waals surface area (Å²) in [5.41, 5.74) is 3.67. The van der Waals surface area contributed by atoms with Crippen LogP contribution in [-0.4, -0.2) is 35.5 Å². The molecule has 94 valence electrons. The Kier molecular flexibility index (Phi) is 4.66. The van der Waals surface area contributed by atoms with Crippen LogP contribution in [0.1, 0.15) is 27.0 Å². The molecule has 4 nitrogen and oxygen atoms in total. The van der Waals surface area contributed by atoms with Crippen molar-refractivity contribution in [3.8, 4) is 0 Å². The predicted molar refractivity (Wildman–Crippen MR) is 64.0 cm³/mol. The Labute approximate surface area is 101 Å². The normalized spacial score (nSPS) is 12.3. The van der Waals surface area contributed by atoms with Gasteiger partial charge in [0.05, 0.1) is 12.2 Å². The Morgan fingerprint density at radius 2 is 1.82 bits per heavy atom. The van der Waals surface area contributed by atoms with E-state index in [1.807, 2.05) is 20.8 Å². The largest absolute Gasteiger partial charge is 0.459 e. The number of aliphatic hydroxyl groups is 2. The molecule has 2 N–H and O–H groups in total. The van der Waals surface area contributed by atoms with E-state index in [2.05, 4.69) is 0 Å². The third-order valence-corrected chi connectivity index (χ3v) is 2.78. The number of aliphatic hydroxyl groups excluding tert-OH is 2. The molecule has 1 aromatic carbocycles. The number of benzene rings is 1. The molecule has 0 amide bonds. The van der Waals surface area contributed by atoms with Gasteiger partial charge in [-0.05, 0) is 49.6 Å². The minimum Gasteiger partial charge on any atom is -0.459 e. The summed E-state index contributed by atoms with van der Waals surface area (Å²) in [6.07, 6.45) is -1.02. The highest BCUT2D eigenvalue weighted by atomic mass is 16.5. The number of aryl methyl sites for hydroxylation is 2. The highest BCUT2D eigenvalue weighted by molar-refractivity contribution is 5.90. The topological polar surface area (TPSA) is 66.8 Å². The smallest absolute Gasteiger partial charge is 0.338 e. The van der Waals surface area contributed by atoms with Crippen LogP contribution in [0.4, 0.5) is 0 Å². The fourth-order valence-corrected chi connectivity index (χ4v) is 1.46. The predicted octanol–water partition coefficient (Wildman–Crippen LogP) is 1.12. The van der Waals surface area contributed by atoms with E-state index in [0.717, 1.165) is 16.7 Å². The summed E-state index contributed by atoms with van der Waals surface area (Å²) >= 11 is 0. The van der Waals surface area contributed by atoms with Crippen molar-refractivity contribution < 1.29 is 19.7 Å². The van der Waals surface area contributed by atoms with Gasteiger partial charge in [-0.3, -0.25) is 0 Å². The summed E-state index contributed by atoms with van der Waals surface area (Å²) in [4.78, 5) is 11.7. The second-order valence-corrected chi connectivity index (χ2v) is 4.17. The summed E-state index contributed by atoms with van der Waals surface area (Å²) in [5, 5.41) is 17.7. The van der Waals surface area contributed by atoms with Crippen LogP contribution in [0, 0.1) is 20.8 Å². The molecule has 0 radical (unpaired) electrons. The lowest BCUT2D eigenvalue weighted by molar-refractivity contribution is 0.00932. The Bertz CT molecular complexity index is 389. The van der Waals surface area contributed by atoms with Gasteiger partial charge in [0.25, 0.3) is 0 Å². The number of carbonyl (C=O) groups is 1. The van der Waals surface area contributed by atoms with Crippen molar-refractivity contribution in [2.24, 2.45) is 0 Å². The minimum absolute atomic E-state index is 0.193.